The van der Waals surface area contributed by atoms with Crippen LogP contribution in [0.5, 0.6) is 0 Å². The summed E-state index contributed by atoms with van der Waals surface area (Å²) in [4.78, 5) is 25.1. The molecule has 4 nitrogen and oxygen atoms in total. The minimum atomic E-state index is -0.353. The van der Waals surface area contributed by atoms with E-state index < -0.39 is 0 Å². The van der Waals surface area contributed by atoms with Crippen LogP contribution in [0, 0.1) is 34.5 Å². The summed E-state index contributed by atoms with van der Waals surface area (Å²) in [6, 6.07) is 0.355. The molecule has 0 bridgehead atoms. The highest BCUT2D eigenvalue weighted by atomic mass is 16.2. The molecule has 0 aromatic heterocycles. The minimum Gasteiger partial charge on any atom is -0.353 e. The highest BCUT2D eigenvalue weighted by molar-refractivity contribution is 5.81. The van der Waals surface area contributed by atoms with E-state index in [0.29, 0.717) is 30.2 Å². The van der Waals surface area contributed by atoms with Gasteiger partial charge in [0.1, 0.15) is 0 Å². The van der Waals surface area contributed by atoms with Crippen molar-refractivity contribution in [2.24, 2.45) is 34.5 Å². The molecule has 4 rings (SSSR count). The molecule has 1 aliphatic heterocycles. The van der Waals surface area contributed by atoms with Crippen molar-refractivity contribution in [3.63, 3.8) is 0 Å². The van der Waals surface area contributed by atoms with E-state index in [9.17, 15) is 9.59 Å². The first kappa shape index (κ1) is 20.0. The van der Waals surface area contributed by atoms with Gasteiger partial charge >= 0.3 is 0 Å². The Morgan fingerprint density at radius 1 is 1.11 bits per heavy atom. The Hall–Kier alpha value is -1.32. The first-order valence-corrected chi connectivity index (χ1v) is 11.4. The van der Waals surface area contributed by atoms with Gasteiger partial charge in [-0.1, -0.05) is 19.9 Å². The van der Waals surface area contributed by atoms with Crippen LogP contribution in [0.3, 0.4) is 0 Å². The topological polar surface area (TPSA) is 58.2 Å². The van der Waals surface area contributed by atoms with Crippen LogP contribution >= 0.6 is 0 Å². The summed E-state index contributed by atoms with van der Waals surface area (Å²) < 4.78 is 0. The van der Waals surface area contributed by atoms with Crippen molar-refractivity contribution in [1.29, 1.82) is 0 Å². The third-order valence-corrected chi connectivity index (χ3v) is 9.37. The molecule has 2 unspecified atom stereocenters. The van der Waals surface area contributed by atoms with Crippen molar-refractivity contribution < 1.29 is 9.59 Å². The van der Waals surface area contributed by atoms with Crippen LogP contribution in [0.25, 0.3) is 0 Å². The monoisotopic (exact) mass is 386 g/mol. The summed E-state index contributed by atoms with van der Waals surface area (Å²) in [5.41, 5.74) is 0.00151. The molecule has 4 fully saturated rings. The highest BCUT2D eigenvalue weighted by Crippen LogP contribution is 2.65. The Labute approximate surface area is 170 Å². The summed E-state index contributed by atoms with van der Waals surface area (Å²) in [6.45, 7) is 12.7. The summed E-state index contributed by atoms with van der Waals surface area (Å²) in [7, 11) is 0. The third-order valence-electron chi connectivity index (χ3n) is 9.37. The van der Waals surface area contributed by atoms with Crippen LogP contribution < -0.4 is 10.6 Å². The van der Waals surface area contributed by atoms with Crippen LogP contribution in [-0.2, 0) is 9.59 Å². The molecule has 1 heterocycles. The molecule has 2 amide bonds. The maximum absolute atomic E-state index is 13.2. The van der Waals surface area contributed by atoms with E-state index in [1.54, 1.807) is 0 Å². The standard InChI is InChI=1S/C24H38N2O2/c1-6-22(2,3)26-21(28)18-9-8-16-15-7-10-19-24(5,14-12-20(27)25-19)17(15)11-13-23(16,18)4/h6,15-19H,1,7-14H2,2-5H3,(H,25,27)(H,26,28)/t15-,16-,17+,18?,19?,23-,24+/m0/s1. The molecule has 3 saturated carbocycles. The first-order chi connectivity index (χ1) is 13.1. The normalized spacial score (nSPS) is 45.3. The Balaban J connectivity index is 1.54. The summed E-state index contributed by atoms with van der Waals surface area (Å²) >= 11 is 0. The Kier molecular flexibility index (Phi) is 4.71. The number of hydrogen-bond acceptors (Lipinski definition) is 2. The molecule has 156 valence electrons. The van der Waals surface area contributed by atoms with Crippen molar-refractivity contribution >= 4 is 11.8 Å². The van der Waals surface area contributed by atoms with E-state index >= 15 is 0 Å². The van der Waals surface area contributed by atoms with E-state index in [1.165, 1.54) is 19.3 Å². The molecule has 3 aliphatic carbocycles. The van der Waals surface area contributed by atoms with Crippen molar-refractivity contribution in [2.45, 2.75) is 90.6 Å². The largest absolute Gasteiger partial charge is 0.353 e. The first-order valence-electron chi connectivity index (χ1n) is 11.4. The van der Waals surface area contributed by atoms with Crippen LogP contribution in [0.15, 0.2) is 12.7 Å². The molecule has 0 aromatic carbocycles. The van der Waals surface area contributed by atoms with Crippen molar-refractivity contribution in [2.75, 3.05) is 0 Å². The van der Waals surface area contributed by atoms with Gasteiger partial charge in [0.25, 0.3) is 0 Å². The number of piperidine rings is 1. The third kappa shape index (κ3) is 2.93. The second-order valence-corrected chi connectivity index (χ2v) is 11.2. The smallest absolute Gasteiger partial charge is 0.224 e. The zero-order valence-corrected chi connectivity index (χ0v) is 18.1. The SMILES string of the molecule is C=CC(C)(C)NC(=O)C1CC[C@H]2[C@@H]3CCC4NC(=O)CC[C@]4(C)[C@@H]3CC[C@]12C. The average molecular weight is 387 g/mol. The lowest BCUT2D eigenvalue weighted by atomic mass is 9.47. The molecule has 4 heteroatoms. The van der Waals surface area contributed by atoms with Gasteiger partial charge in [-0.3, -0.25) is 9.59 Å². The van der Waals surface area contributed by atoms with Gasteiger partial charge in [-0.2, -0.15) is 0 Å². The van der Waals surface area contributed by atoms with Crippen molar-refractivity contribution in [3.05, 3.63) is 12.7 Å². The maximum atomic E-state index is 13.2. The van der Waals surface area contributed by atoms with Gasteiger partial charge in [0.2, 0.25) is 11.8 Å². The fourth-order valence-corrected chi connectivity index (χ4v) is 7.59. The van der Waals surface area contributed by atoms with E-state index in [4.69, 9.17) is 0 Å². The van der Waals surface area contributed by atoms with E-state index in [1.807, 2.05) is 19.9 Å². The zero-order valence-electron chi connectivity index (χ0n) is 18.1. The fourth-order valence-electron chi connectivity index (χ4n) is 7.59. The molecule has 1 saturated heterocycles. The molecule has 0 aromatic rings. The molecular weight excluding hydrogens is 348 g/mol. The number of nitrogens with one attached hydrogen (secondary N) is 2. The molecule has 2 N–H and O–H groups in total. The number of fused-ring (bicyclic) bond motifs is 5. The predicted molar refractivity (Wildman–Crippen MR) is 111 cm³/mol. The van der Waals surface area contributed by atoms with E-state index in [0.717, 1.165) is 25.7 Å². The fraction of sp³-hybridized carbons (Fsp3) is 0.833. The van der Waals surface area contributed by atoms with Gasteiger partial charge < -0.3 is 10.6 Å². The Bertz CT molecular complexity index is 686. The van der Waals surface area contributed by atoms with Gasteiger partial charge in [-0.05, 0) is 87.4 Å². The lowest BCUT2D eigenvalue weighted by Gasteiger charge is -2.60. The van der Waals surface area contributed by atoms with Crippen LogP contribution in [0.1, 0.15) is 79.1 Å². The van der Waals surface area contributed by atoms with Crippen LogP contribution in [0.2, 0.25) is 0 Å². The zero-order chi connectivity index (χ0) is 20.3. The number of carbonyl (C=O) groups is 2. The number of hydrogen-bond donors (Lipinski definition) is 2. The van der Waals surface area contributed by atoms with Gasteiger partial charge in [-0.15, -0.1) is 6.58 Å². The quantitative estimate of drug-likeness (QED) is 0.714. The van der Waals surface area contributed by atoms with Crippen LogP contribution in [-0.4, -0.2) is 23.4 Å². The minimum absolute atomic E-state index is 0.115. The van der Waals surface area contributed by atoms with Gasteiger partial charge in [0.15, 0.2) is 0 Å². The van der Waals surface area contributed by atoms with Crippen molar-refractivity contribution in [3.8, 4) is 0 Å². The van der Waals surface area contributed by atoms with E-state index in [-0.39, 0.29) is 34.1 Å². The van der Waals surface area contributed by atoms with Gasteiger partial charge in [0, 0.05) is 18.4 Å². The number of amides is 2. The Morgan fingerprint density at radius 2 is 1.82 bits per heavy atom. The molecule has 0 spiro atoms. The number of carbonyl (C=O) groups excluding carboxylic acids is 2. The van der Waals surface area contributed by atoms with Gasteiger partial charge in [-0.25, -0.2) is 0 Å². The van der Waals surface area contributed by atoms with E-state index in [2.05, 4.69) is 31.1 Å². The Morgan fingerprint density at radius 3 is 2.54 bits per heavy atom. The molecule has 0 radical (unpaired) electrons. The summed E-state index contributed by atoms with van der Waals surface area (Å²) in [5.74, 6) is 2.62. The maximum Gasteiger partial charge on any atom is 0.224 e. The summed E-state index contributed by atoms with van der Waals surface area (Å²) in [5, 5.41) is 6.54. The lowest BCUT2D eigenvalue weighted by Crippen LogP contribution is -2.61. The second-order valence-electron chi connectivity index (χ2n) is 11.2. The number of rotatable bonds is 3. The lowest BCUT2D eigenvalue weighted by molar-refractivity contribution is -0.142. The average Bonchev–Trinajstić information content (AvgIpc) is 2.99. The molecule has 7 atom stereocenters. The molecule has 28 heavy (non-hydrogen) atoms. The predicted octanol–water partition coefficient (Wildman–Crippen LogP) is 4.20. The van der Waals surface area contributed by atoms with Crippen LogP contribution in [0.4, 0.5) is 0 Å². The second kappa shape index (κ2) is 6.60. The molecule has 4 aliphatic rings. The van der Waals surface area contributed by atoms with Crippen molar-refractivity contribution in [1.82, 2.24) is 10.6 Å². The summed E-state index contributed by atoms with van der Waals surface area (Å²) in [6.07, 6.45) is 10.4. The molecular formula is C24H38N2O2. The van der Waals surface area contributed by atoms with Gasteiger partial charge in [0.05, 0.1) is 5.54 Å². The highest BCUT2D eigenvalue weighted by Gasteiger charge is 2.61.